The van der Waals surface area contributed by atoms with E-state index in [1.165, 1.54) is 0 Å². The molecular weight excluding hydrogens is 214 g/mol. The Hall–Kier alpha value is -0.260. The second kappa shape index (κ2) is 9.00. The molecule has 0 bridgehead atoms. The fourth-order valence-electron chi connectivity index (χ4n) is 0.976. The molecule has 0 saturated carbocycles. The van der Waals surface area contributed by atoms with E-state index in [9.17, 15) is 4.79 Å². The summed E-state index contributed by atoms with van der Waals surface area (Å²) in [5.41, 5.74) is 0. The van der Waals surface area contributed by atoms with Crippen molar-refractivity contribution in [1.29, 1.82) is 0 Å². The van der Waals surface area contributed by atoms with Gasteiger partial charge < -0.3 is 15.5 Å². The molecule has 15 heavy (non-hydrogen) atoms. The molecule has 0 aliphatic rings. The Kier molecular flexibility index (Phi) is 8.85. The van der Waals surface area contributed by atoms with Crippen LogP contribution in [0.5, 0.6) is 0 Å². The number of carboxylic acids is 1. The Morgan fingerprint density at radius 3 is 2.60 bits per heavy atom. The number of aliphatic hydroxyl groups excluding tert-OH is 1. The number of rotatable bonds is 9. The molecule has 0 heterocycles. The van der Waals surface area contributed by atoms with Crippen molar-refractivity contribution < 1.29 is 15.0 Å². The molecule has 0 amide bonds. The minimum Gasteiger partial charge on any atom is -0.480 e. The van der Waals surface area contributed by atoms with Crippen molar-refractivity contribution in [1.82, 2.24) is 5.32 Å². The molecule has 5 heteroatoms. The molecule has 0 aromatic carbocycles. The summed E-state index contributed by atoms with van der Waals surface area (Å²) in [5, 5.41) is 20.7. The van der Waals surface area contributed by atoms with Crippen LogP contribution < -0.4 is 5.32 Å². The van der Waals surface area contributed by atoms with Crippen LogP contribution >= 0.6 is 11.8 Å². The van der Waals surface area contributed by atoms with Gasteiger partial charge in [-0.25, -0.2) is 0 Å². The van der Waals surface area contributed by atoms with E-state index in [0.717, 1.165) is 18.7 Å². The summed E-state index contributed by atoms with van der Waals surface area (Å²) in [7, 11) is 0. The van der Waals surface area contributed by atoms with Crippen LogP contribution in [0.3, 0.4) is 0 Å². The molecule has 0 saturated heterocycles. The van der Waals surface area contributed by atoms with E-state index in [-0.39, 0.29) is 12.5 Å². The summed E-state index contributed by atoms with van der Waals surface area (Å²) >= 11 is 1.57. The molecule has 2 unspecified atom stereocenters. The third kappa shape index (κ3) is 7.64. The molecular formula is C10H21NO3S. The van der Waals surface area contributed by atoms with Crippen molar-refractivity contribution in [3.05, 3.63) is 0 Å². The summed E-state index contributed by atoms with van der Waals surface area (Å²) in [4.78, 5) is 10.8. The van der Waals surface area contributed by atoms with Gasteiger partial charge in [-0.3, -0.25) is 4.79 Å². The summed E-state index contributed by atoms with van der Waals surface area (Å²) in [6, 6.07) is -0.471. The van der Waals surface area contributed by atoms with Crippen molar-refractivity contribution in [3.63, 3.8) is 0 Å². The summed E-state index contributed by atoms with van der Waals surface area (Å²) in [6.45, 7) is 4.84. The minimum atomic E-state index is -0.799. The third-order valence-corrected chi connectivity index (χ3v) is 3.31. The number of carbonyl (C=O) groups is 1. The molecule has 0 aliphatic heterocycles. The molecule has 0 radical (unpaired) electrons. The van der Waals surface area contributed by atoms with Gasteiger partial charge in [0.05, 0.1) is 0 Å². The van der Waals surface area contributed by atoms with Crippen LogP contribution in [-0.2, 0) is 4.79 Å². The van der Waals surface area contributed by atoms with Crippen LogP contribution in [0.2, 0.25) is 0 Å². The van der Waals surface area contributed by atoms with Gasteiger partial charge in [-0.1, -0.05) is 13.8 Å². The number of aliphatic carboxylic acids is 1. The van der Waals surface area contributed by atoms with Crippen molar-refractivity contribution in [2.45, 2.75) is 26.3 Å². The van der Waals surface area contributed by atoms with Gasteiger partial charge >= 0.3 is 5.97 Å². The maximum absolute atomic E-state index is 10.8. The van der Waals surface area contributed by atoms with Crippen LogP contribution in [0.4, 0.5) is 0 Å². The maximum Gasteiger partial charge on any atom is 0.321 e. The average molecular weight is 235 g/mol. The molecule has 90 valence electrons. The standard InChI is InChI=1S/C10H21NO3S/c1-3-4-11-9(10(13)14)7-15-6-8(2)5-12/h8-9,11-12H,3-7H2,1-2H3,(H,13,14). The van der Waals surface area contributed by atoms with E-state index in [4.69, 9.17) is 10.2 Å². The SMILES string of the molecule is CCCNC(CSCC(C)CO)C(=O)O. The molecule has 0 spiro atoms. The number of carboxylic acid groups (broad SMARTS) is 1. The fourth-order valence-corrected chi connectivity index (χ4v) is 2.12. The zero-order valence-electron chi connectivity index (χ0n) is 9.40. The highest BCUT2D eigenvalue weighted by molar-refractivity contribution is 7.99. The minimum absolute atomic E-state index is 0.160. The topological polar surface area (TPSA) is 69.6 Å². The van der Waals surface area contributed by atoms with Gasteiger partial charge in [0.25, 0.3) is 0 Å². The highest BCUT2D eigenvalue weighted by atomic mass is 32.2. The van der Waals surface area contributed by atoms with Gasteiger partial charge in [0.2, 0.25) is 0 Å². The summed E-state index contributed by atoms with van der Waals surface area (Å²) in [5.74, 6) is 0.788. The number of aliphatic hydroxyl groups is 1. The molecule has 0 aliphatic carbocycles. The van der Waals surface area contributed by atoms with Gasteiger partial charge in [-0.15, -0.1) is 0 Å². The monoisotopic (exact) mass is 235 g/mol. The van der Waals surface area contributed by atoms with E-state index >= 15 is 0 Å². The second-order valence-corrected chi connectivity index (χ2v) is 4.75. The summed E-state index contributed by atoms with van der Waals surface area (Å²) in [6.07, 6.45) is 0.932. The van der Waals surface area contributed by atoms with Crippen molar-refractivity contribution in [3.8, 4) is 0 Å². The first-order valence-corrected chi connectivity index (χ1v) is 6.42. The van der Waals surface area contributed by atoms with Gasteiger partial charge in [0, 0.05) is 12.4 Å². The molecule has 3 N–H and O–H groups in total. The van der Waals surface area contributed by atoms with Gasteiger partial charge in [-0.2, -0.15) is 11.8 Å². The lowest BCUT2D eigenvalue weighted by molar-refractivity contribution is -0.138. The van der Waals surface area contributed by atoms with Crippen molar-refractivity contribution in [2.24, 2.45) is 5.92 Å². The Bertz CT molecular complexity index is 178. The van der Waals surface area contributed by atoms with Gasteiger partial charge in [-0.05, 0) is 24.6 Å². The normalized spacial score (nSPS) is 14.9. The Balaban J connectivity index is 3.71. The number of hydrogen-bond acceptors (Lipinski definition) is 4. The Morgan fingerprint density at radius 1 is 1.47 bits per heavy atom. The molecule has 0 fully saturated rings. The quantitative estimate of drug-likeness (QED) is 0.551. The largest absolute Gasteiger partial charge is 0.480 e. The van der Waals surface area contributed by atoms with Crippen LogP contribution in [0, 0.1) is 5.92 Å². The number of hydrogen-bond donors (Lipinski definition) is 3. The van der Waals surface area contributed by atoms with Crippen LogP contribution in [0.1, 0.15) is 20.3 Å². The lowest BCUT2D eigenvalue weighted by Gasteiger charge is -2.14. The fraction of sp³-hybridized carbons (Fsp3) is 0.900. The molecule has 0 rings (SSSR count). The van der Waals surface area contributed by atoms with Crippen LogP contribution in [-0.4, -0.2) is 46.9 Å². The lowest BCUT2D eigenvalue weighted by atomic mass is 10.2. The highest BCUT2D eigenvalue weighted by Crippen LogP contribution is 2.09. The zero-order valence-corrected chi connectivity index (χ0v) is 10.2. The first-order chi connectivity index (χ1) is 7.11. The zero-order chi connectivity index (χ0) is 11.7. The lowest BCUT2D eigenvalue weighted by Crippen LogP contribution is -2.39. The van der Waals surface area contributed by atoms with Crippen LogP contribution in [0.15, 0.2) is 0 Å². The third-order valence-electron chi connectivity index (χ3n) is 1.94. The van der Waals surface area contributed by atoms with Gasteiger partial charge in [0.15, 0.2) is 0 Å². The maximum atomic E-state index is 10.8. The second-order valence-electron chi connectivity index (χ2n) is 3.67. The predicted molar refractivity (Wildman–Crippen MR) is 63.3 cm³/mol. The smallest absolute Gasteiger partial charge is 0.321 e. The van der Waals surface area contributed by atoms with Crippen molar-refractivity contribution >= 4 is 17.7 Å². The predicted octanol–water partition coefficient (Wildman–Crippen LogP) is 0.801. The number of thioether (sulfide) groups is 1. The van der Waals surface area contributed by atoms with Gasteiger partial charge in [0.1, 0.15) is 6.04 Å². The van der Waals surface area contributed by atoms with E-state index < -0.39 is 12.0 Å². The number of nitrogens with one attached hydrogen (secondary N) is 1. The summed E-state index contributed by atoms with van der Waals surface area (Å²) < 4.78 is 0. The van der Waals surface area contributed by atoms with E-state index in [1.807, 2.05) is 13.8 Å². The molecule has 4 nitrogen and oxygen atoms in total. The van der Waals surface area contributed by atoms with E-state index in [2.05, 4.69) is 5.32 Å². The first kappa shape index (κ1) is 14.7. The van der Waals surface area contributed by atoms with Crippen molar-refractivity contribution in [2.75, 3.05) is 24.7 Å². The average Bonchev–Trinajstić information content (AvgIpc) is 2.22. The molecule has 0 aromatic rings. The molecule has 0 aromatic heterocycles. The first-order valence-electron chi connectivity index (χ1n) is 5.26. The molecule has 2 atom stereocenters. The highest BCUT2D eigenvalue weighted by Gasteiger charge is 2.16. The van der Waals surface area contributed by atoms with E-state index in [0.29, 0.717) is 5.75 Å². The van der Waals surface area contributed by atoms with E-state index in [1.54, 1.807) is 11.8 Å². The van der Waals surface area contributed by atoms with Crippen LogP contribution in [0.25, 0.3) is 0 Å². The Morgan fingerprint density at radius 2 is 2.13 bits per heavy atom. The Labute approximate surface area is 95.4 Å².